The van der Waals surface area contributed by atoms with Gasteiger partial charge in [-0.15, -0.1) is 0 Å². The van der Waals surface area contributed by atoms with Crippen molar-refractivity contribution in [2.24, 2.45) is 0 Å². The monoisotopic (exact) mass is 254 g/mol. The Kier molecular flexibility index (Phi) is 3.03. The molecule has 0 fully saturated rings. The van der Waals surface area contributed by atoms with Crippen molar-refractivity contribution in [3.8, 4) is 11.3 Å². The first kappa shape index (κ1) is 11.2. The molecular weight excluding hydrogens is 247 g/mol. The molecule has 0 bridgehead atoms. The molecule has 16 heavy (non-hydrogen) atoms. The van der Waals surface area contributed by atoms with E-state index in [0.717, 1.165) is 5.56 Å². The van der Waals surface area contributed by atoms with Gasteiger partial charge in [-0.2, -0.15) is 0 Å². The lowest BCUT2D eigenvalue weighted by Crippen LogP contribution is -1.93. The minimum atomic E-state index is -0.338. The molecular formula is C11H8ClFN2S. The fourth-order valence-corrected chi connectivity index (χ4v) is 1.80. The van der Waals surface area contributed by atoms with E-state index in [1.165, 1.54) is 24.5 Å². The summed E-state index contributed by atoms with van der Waals surface area (Å²) in [5.41, 5.74) is 2.07. The highest BCUT2D eigenvalue weighted by molar-refractivity contribution is 7.71. The van der Waals surface area contributed by atoms with Crippen molar-refractivity contribution in [2.45, 2.75) is 6.92 Å². The Morgan fingerprint density at radius 3 is 2.94 bits per heavy atom. The standard InChI is InChI=1S/C11H8ClFN2S/c1-6-10(14-5-15-11(6)16)8-4-7(13)2-3-9(8)12/h2-5H,1H3,(H,14,15,16). The number of nitrogens with one attached hydrogen (secondary N) is 1. The third-order valence-corrected chi connectivity index (χ3v) is 3.03. The van der Waals surface area contributed by atoms with Crippen LogP contribution in [-0.4, -0.2) is 9.97 Å². The summed E-state index contributed by atoms with van der Waals surface area (Å²) in [5, 5.41) is 0.473. The predicted molar refractivity (Wildman–Crippen MR) is 64.6 cm³/mol. The second kappa shape index (κ2) is 4.31. The highest BCUT2D eigenvalue weighted by Gasteiger charge is 2.09. The van der Waals surface area contributed by atoms with Crippen LogP contribution >= 0.6 is 23.8 Å². The van der Waals surface area contributed by atoms with Crippen molar-refractivity contribution >= 4 is 23.8 Å². The molecule has 0 saturated heterocycles. The van der Waals surface area contributed by atoms with Crippen LogP contribution in [0.4, 0.5) is 4.39 Å². The van der Waals surface area contributed by atoms with Crippen LogP contribution in [0.15, 0.2) is 24.5 Å². The molecule has 0 atom stereocenters. The average molecular weight is 255 g/mol. The number of nitrogens with zero attached hydrogens (tertiary/aromatic N) is 1. The zero-order chi connectivity index (χ0) is 11.7. The first-order valence-corrected chi connectivity index (χ1v) is 5.38. The number of hydrogen-bond donors (Lipinski definition) is 1. The van der Waals surface area contributed by atoms with Gasteiger partial charge in [0.25, 0.3) is 0 Å². The topological polar surface area (TPSA) is 28.7 Å². The average Bonchev–Trinajstić information content (AvgIpc) is 2.26. The van der Waals surface area contributed by atoms with Gasteiger partial charge < -0.3 is 4.98 Å². The van der Waals surface area contributed by atoms with E-state index >= 15 is 0 Å². The first-order valence-electron chi connectivity index (χ1n) is 4.59. The van der Waals surface area contributed by atoms with E-state index in [-0.39, 0.29) is 5.82 Å². The number of aromatic amines is 1. The number of benzene rings is 1. The van der Waals surface area contributed by atoms with Gasteiger partial charge in [0, 0.05) is 11.1 Å². The highest BCUT2D eigenvalue weighted by atomic mass is 35.5. The number of aromatic nitrogens is 2. The molecule has 1 aromatic carbocycles. The van der Waals surface area contributed by atoms with E-state index in [0.29, 0.717) is 20.9 Å². The second-order valence-electron chi connectivity index (χ2n) is 3.33. The van der Waals surface area contributed by atoms with Crippen LogP contribution in [-0.2, 0) is 0 Å². The number of H-pyrrole nitrogens is 1. The van der Waals surface area contributed by atoms with Crippen molar-refractivity contribution in [1.82, 2.24) is 9.97 Å². The van der Waals surface area contributed by atoms with Crippen molar-refractivity contribution < 1.29 is 4.39 Å². The fourth-order valence-electron chi connectivity index (χ4n) is 1.44. The van der Waals surface area contributed by atoms with Crippen molar-refractivity contribution in [2.75, 3.05) is 0 Å². The molecule has 1 aromatic heterocycles. The van der Waals surface area contributed by atoms with Crippen molar-refractivity contribution in [3.05, 3.63) is 45.6 Å². The Hall–Kier alpha value is -1.26. The van der Waals surface area contributed by atoms with Gasteiger partial charge >= 0.3 is 0 Å². The molecule has 2 nitrogen and oxygen atoms in total. The van der Waals surface area contributed by atoms with E-state index < -0.39 is 0 Å². The van der Waals surface area contributed by atoms with Crippen LogP contribution in [0.2, 0.25) is 5.02 Å². The molecule has 0 aliphatic heterocycles. The maximum atomic E-state index is 13.2. The second-order valence-corrected chi connectivity index (χ2v) is 4.13. The van der Waals surface area contributed by atoms with E-state index in [1.54, 1.807) is 0 Å². The highest BCUT2D eigenvalue weighted by Crippen LogP contribution is 2.29. The molecule has 1 heterocycles. The number of halogens is 2. The molecule has 0 aliphatic rings. The number of rotatable bonds is 1. The van der Waals surface area contributed by atoms with Gasteiger partial charge in [0.1, 0.15) is 10.5 Å². The van der Waals surface area contributed by atoms with Gasteiger partial charge in [-0.25, -0.2) is 9.37 Å². The molecule has 1 N–H and O–H groups in total. The Bertz CT molecular complexity index is 595. The Morgan fingerprint density at radius 2 is 2.19 bits per heavy atom. The zero-order valence-corrected chi connectivity index (χ0v) is 9.99. The van der Waals surface area contributed by atoms with Crippen molar-refractivity contribution in [1.29, 1.82) is 0 Å². The fraction of sp³-hybridized carbons (Fsp3) is 0.0909. The molecule has 82 valence electrons. The van der Waals surface area contributed by atoms with Crippen LogP contribution in [0.1, 0.15) is 5.56 Å². The van der Waals surface area contributed by atoms with Crippen molar-refractivity contribution in [3.63, 3.8) is 0 Å². The Morgan fingerprint density at radius 1 is 1.44 bits per heavy atom. The van der Waals surface area contributed by atoms with Gasteiger partial charge in [0.15, 0.2) is 0 Å². The molecule has 0 spiro atoms. The summed E-state index contributed by atoms with van der Waals surface area (Å²) in [6, 6.07) is 4.20. The minimum Gasteiger partial charge on any atom is -0.345 e. The third-order valence-electron chi connectivity index (χ3n) is 2.28. The Balaban J connectivity index is 2.72. The lowest BCUT2D eigenvalue weighted by molar-refractivity contribution is 0.628. The third kappa shape index (κ3) is 1.99. The lowest BCUT2D eigenvalue weighted by atomic mass is 10.1. The molecule has 5 heteroatoms. The van der Waals surface area contributed by atoms with Crippen LogP contribution in [0.5, 0.6) is 0 Å². The summed E-state index contributed by atoms with van der Waals surface area (Å²) in [6.07, 6.45) is 1.48. The SMILES string of the molecule is Cc1c(-c2cc(F)ccc2Cl)[nH]cnc1=S. The van der Waals surface area contributed by atoms with Gasteiger partial charge in [-0.3, -0.25) is 0 Å². The van der Waals surface area contributed by atoms with Gasteiger partial charge in [-0.1, -0.05) is 23.8 Å². The maximum Gasteiger partial charge on any atom is 0.132 e. The predicted octanol–water partition coefficient (Wildman–Crippen LogP) is 3.91. The van der Waals surface area contributed by atoms with E-state index in [9.17, 15) is 4.39 Å². The molecule has 2 aromatic rings. The van der Waals surface area contributed by atoms with Gasteiger partial charge in [0.05, 0.1) is 17.0 Å². The quantitative estimate of drug-likeness (QED) is 0.782. The molecule has 0 radical (unpaired) electrons. The Labute approximate surface area is 102 Å². The summed E-state index contributed by atoms with van der Waals surface area (Å²) >= 11 is 11.1. The smallest absolute Gasteiger partial charge is 0.132 e. The summed E-state index contributed by atoms with van der Waals surface area (Å²) in [7, 11) is 0. The molecule has 0 amide bonds. The number of hydrogen-bond acceptors (Lipinski definition) is 2. The normalized spacial score (nSPS) is 10.4. The van der Waals surface area contributed by atoms with E-state index in [2.05, 4.69) is 9.97 Å². The maximum absolute atomic E-state index is 13.2. The largest absolute Gasteiger partial charge is 0.345 e. The van der Waals surface area contributed by atoms with E-state index in [4.69, 9.17) is 23.8 Å². The van der Waals surface area contributed by atoms with Crippen LogP contribution in [0, 0.1) is 17.4 Å². The van der Waals surface area contributed by atoms with Crippen LogP contribution in [0.25, 0.3) is 11.3 Å². The lowest BCUT2D eigenvalue weighted by Gasteiger charge is -2.07. The zero-order valence-electron chi connectivity index (χ0n) is 8.42. The van der Waals surface area contributed by atoms with Gasteiger partial charge in [0.2, 0.25) is 0 Å². The summed E-state index contributed by atoms with van der Waals surface area (Å²) in [6.45, 7) is 1.82. The summed E-state index contributed by atoms with van der Waals surface area (Å²) < 4.78 is 13.6. The summed E-state index contributed by atoms with van der Waals surface area (Å²) in [4.78, 5) is 6.87. The molecule has 0 aliphatic carbocycles. The first-order chi connectivity index (χ1) is 7.59. The van der Waals surface area contributed by atoms with Crippen LogP contribution in [0.3, 0.4) is 0 Å². The van der Waals surface area contributed by atoms with E-state index in [1.807, 2.05) is 6.92 Å². The minimum absolute atomic E-state index is 0.338. The molecule has 0 unspecified atom stereocenters. The molecule has 2 rings (SSSR count). The molecule has 0 saturated carbocycles. The van der Waals surface area contributed by atoms with Gasteiger partial charge in [-0.05, 0) is 25.1 Å². The van der Waals surface area contributed by atoms with Crippen LogP contribution < -0.4 is 0 Å². The summed E-state index contributed by atoms with van der Waals surface area (Å²) in [5.74, 6) is -0.338.